The maximum Gasteiger partial charge on any atom is 0.325 e. The fraction of sp³-hybridized carbons (Fsp3) is 0.429. The van der Waals surface area contributed by atoms with Crippen molar-refractivity contribution < 1.29 is 19.1 Å². The monoisotopic (exact) mass is 278 g/mol. The van der Waals surface area contributed by atoms with Gasteiger partial charge in [-0.3, -0.25) is 10.1 Å². The molecule has 1 aliphatic rings. The highest BCUT2D eigenvalue weighted by molar-refractivity contribution is 6.06. The van der Waals surface area contributed by atoms with E-state index in [1.54, 1.807) is 33.1 Å². The molecule has 1 fully saturated rings. The van der Waals surface area contributed by atoms with Gasteiger partial charge in [0.1, 0.15) is 12.1 Å². The number of methoxy groups -OCH3 is 1. The molecule has 0 aliphatic carbocycles. The Bertz CT molecular complexity index is 528. The molecule has 0 spiro atoms. The Balaban J connectivity index is 1.96. The fourth-order valence-corrected chi connectivity index (χ4v) is 2.06. The van der Waals surface area contributed by atoms with Gasteiger partial charge in [0, 0.05) is 0 Å². The molecule has 0 saturated carbocycles. The number of nitrogens with zero attached hydrogens (tertiary/aromatic N) is 1. The molecule has 6 heteroatoms. The topological polar surface area (TPSA) is 67.9 Å². The lowest BCUT2D eigenvalue weighted by Gasteiger charge is -2.27. The first-order valence-electron chi connectivity index (χ1n) is 6.35. The number of hydrogen-bond donors (Lipinski definition) is 1. The van der Waals surface area contributed by atoms with Gasteiger partial charge in [0.15, 0.2) is 11.5 Å². The normalized spacial score (nSPS) is 17.1. The summed E-state index contributed by atoms with van der Waals surface area (Å²) in [5.41, 5.74) is -0.846. The van der Waals surface area contributed by atoms with Gasteiger partial charge in [-0.2, -0.15) is 0 Å². The molecule has 0 bridgehead atoms. The molecule has 2 rings (SSSR count). The van der Waals surface area contributed by atoms with E-state index >= 15 is 0 Å². The molecular weight excluding hydrogens is 260 g/mol. The first-order valence-corrected chi connectivity index (χ1v) is 6.35. The summed E-state index contributed by atoms with van der Waals surface area (Å²) in [7, 11) is 1.57. The van der Waals surface area contributed by atoms with Crippen molar-refractivity contribution in [3.8, 4) is 11.5 Å². The summed E-state index contributed by atoms with van der Waals surface area (Å²) < 4.78 is 10.8. The minimum absolute atomic E-state index is 0.282. The number of benzene rings is 1. The van der Waals surface area contributed by atoms with Gasteiger partial charge in [-0.05, 0) is 26.0 Å². The number of urea groups is 1. The van der Waals surface area contributed by atoms with Crippen molar-refractivity contribution in [2.24, 2.45) is 0 Å². The number of imide groups is 1. The molecule has 1 aromatic carbocycles. The van der Waals surface area contributed by atoms with Crippen molar-refractivity contribution in [2.75, 3.05) is 20.3 Å². The van der Waals surface area contributed by atoms with Gasteiger partial charge in [-0.1, -0.05) is 12.1 Å². The van der Waals surface area contributed by atoms with Gasteiger partial charge < -0.3 is 14.4 Å². The largest absolute Gasteiger partial charge is 0.493 e. The van der Waals surface area contributed by atoms with Gasteiger partial charge in [0.05, 0.1) is 13.7 Å². The Labute approximate surface area is 117 Å². The molecule has 6 nitrogen and oxygen atoms in total. The summed E-state index contributed by atoms with van der Waals surface area (Å²) in [6.07, 6.45) is 0. The number of carbonyl (C=O) groups is 2. The van der Waals surface area contributed by atoms with Crippen LogP contribution in [0.1, 0.15) is 13.8 Å². The SMILES string of the molecule is COc1ccccc1OCCN1C(=O)NC(=O)C1(C)C. The van der Waals surface area contributed by atoms with E-state index in [1.807, 2.05) is 12.1 Å². The van der Waals surface area contributed by atoms with Gasteiger partial charge >= 0.3 is 6.03 Å². The van der Waals surface area contributed by atoms with E-state index < -0.39 is 5.54 Å². The Morgan fingerprint density at radius 3 is 2.40 bits per heavy atom. The fourth-order valence-electron chi connectivity index (χ4n) is 2.06. The summed E-state index contributed by atoms with van der Waals surface area (Å²) in [5, 5.41) is 2.30. The second-order valence-electron chi connectivity index (χ2n) is 4.97. The average Bonchev–Trinajstić information content (AvgIpc) is 2.61. The van der Waals surface area contributed by atoms with E-state index in [9.17, 15) is 9.59 Å². The molecule has 1 N–H and O–H groups in total. The van der Waals surface area contributed by atoms with Crippen LogP contribution in [0.5, 0.6) is 11.5 Å². The summed E-state index contributed by atoms with van der Waals surface area (Å²) in [4.78, 5) is 24.8. The van der Waals surface area contributed by atoms with Crippen LogP contribution in [0, 0.1) is 0 Å². The second-order valence-corrected chi connectivity index (χ2v) is 4.97. The number of hydrogen-bond acceptors (Lipinski definition) is 4. The predicted molar refractivity (Wildman–Crippen MR) is 72.8 cm³/mol. The summed E-state index contributed by atoms with van der Waals surface area (Å²) >= 11 is 0. The van der Waals surface area contributed by atoms with Crippen LogP contribution < -0.4 is 14.8 Å². The number of nitrogens with one attached hydrogen (secondary N) is 1. The second kappa shape index (κ2) is 5.40. The minimum Gasteiger partial charge on any atom is -0.493 e. The third-order valence-corrected chi connectivity index (χ3v) is 3.34. The van der Waals surface area contributed by atoms with Crippen LogP contribution in [0.3, 0.4) is 0 Å². The zero-order valence-corrected chi connectivity index (χ0v) is 11.8. The molecule has 20 heavy (non-hydrogen) atoms. The molecule has 0 unspecified atom stereocenters. The molecule has 0 atom stereocenters. The maximum absolute atomic E-state index is 11.7. The van der Waals surface area contributed by atoms with E-state index in [0.717, 1.165) is 0 Å². The average molecular weight is 278 g/mol. The number of amides is 3. The summed E-state index contributed by atoms with van der Waals surface area (Å²) in [6.45, 7) is 4.01. The third-order valence-electron chi connectivity index (χ3n) is 3.34. The highest BCUT2D eigenvalue weighted by Gasteiger charge is 2.45. The molecule has 1 aliphatic heterocycles. The van der Waals surface area contributed by atoms with Crippen molar-refractivity contribution in [3.63, 3.8) is 0 Å². The smallest absolute Gasteiger partial charge is 0.325 e. The van der Waals surface area contributed by atoms with E-state index in [4.69, 9.17) is 9.47 Å². The van der Waals surface area contributed by atoms with Gasteiger partial charge in [0.25, 0.3) is 5.91 Å². The quantitative estimate of drug-likeness (QED) is 0.827. The Kier molecular flexibility index (Phi) is 3.83. The molecular formula is C14H18N2O4. The van der Waals surface area contributed by atoms with Crippen molar-refractivity contribution in [2.45, 2.75) is 19.4 Å². The van der Waals surface area contributed by atoms with Crippen LogP contribution in [0.4, 0.5) is 4.79 Å². The molecule has 108 valence electrons. The Hall–Kier alpha value is -2.24. The van der Waals surface area contributed by atoms with Crippen LogP contribution in [0.25, 0.3) is 0 Å². The van der Waals surface area contributed by atoms with Gasteiger partial charge in [0.2, 0.25) is 0 Å². The number of carbonyl (C=O) groups excluding carboxylic acids is 2. The predicted octanol–water partition coefficient (Wildman–Crippen LogP) is 1.40. The first-order chi connectivity index (χ1) is 9.46. The van der Waals surface area contributed by atoms with Gasteiger partial charge in [-0.25, -0.2) is 4.79 Å². The Morgan fingerprint density at radius 2 is 1.85 bits per heavy atom. The lowest BCUT2D eigenvalue weighted by Crippen LogP contribution is -2.45. The van der Waals surface area contributed by atoms with Crippen LogP contribution in [0.15, 0.2) is 24.3 Å². The van der Waals surface area contributed by atoms with Crippen molar-refractivity contribution in [1.29, 1.82) is 0 Å². The molecule has 1 aromatic rings. The van der Waals surface area contributed by atoms with Gasteiger partial charge in [-0.15, -0.1) is 0 Å². The number of ether oxygens (including phenoxy) is 2. The standard InChI is InChI=1S/C14H18N2O4/c1-14(2)12(17)15-13(18)16(14)8-9-20-11-7-5-4-6-10(11)19-3/h4-7H,8-9H2,1-3H3,(H,15,17,18). The number of rotatable bonds is 5. The van der Waals surface area contributed by atoms with Crippen molar-refractivity contribution in [1.82, 2.24) is 10.2 Å². The van der Waals surface area contributed by atoms with E-state index in [2.05, 4.69) is 5.32 Å². The zero-order valence-electron chi connectivity index (χ0n) is 11.8. The molecule has 3 amide bonds. The van der Waals surface area contributed by atoms with Crippen molar-refractivity contribution in [3.05, 3.63) is 24.3 Å². The highest BCUT2D eigenvalue weighted by atomic mass is 16.5. The van der Waals surface area contributed by atoms with Crippen LogP contribution in [-0.2, 0) is 4.79 Å². The molecule has 0 radical (unpaired) electrons. The molecule has 0 aromatic heterocycles. The first kappa shape index (κ1) is 14.2. The van der Waals surface area contributed by atoms with E-state index in [-0.39, 0.29) is 18.5 Å². The van der Waals surface area contributed by atoms with E-state index in [1.165, 1.54) is 4.90 Å². The Morgan fingerprint density at radius 1 is 1.20 bits per heavy atom. The molecule has 1 heterocycles. The third kappa shape index (κ3) is 2.54. The summed E-state index contributed by atoms with van der Waals surface area (Å²) in [6, 6.07) is 6.89. The van der Waals surface area contributed by atoms with Crippen LogP contribution >= 0.6 is 0 Å². The van der Waals surface area contributed by atoms with Crippen LogP contribution in [-0.4, -0.2) is 42.6 Å². The van der Waals surface area contributed by atoms with E-state index in [0.29, 0.717) is 18.0 Å². The minimum atomic E-state index is -0.846. The van der Waals surface area contributed by atoms with Crippen molar-refractivity contribution >= 4 is 11.9 Å². The summed E-state index contributed by atoms with van der Waals surface area (Å²) in [5.74, 6) is 0.951. The molecule has 1 saturated heterocycles. The zero-order chi connectivity index (χ0) is 14.8. The maximum atomic E-state index is 11.7. The lowest BCUT2D eigenvalue weighted by atomic mass is 10.1. The number of para-hydroxylation sites is 2. The van der Waals surface area contributed by atoms with Crippen LogP contribution in [0.2, 0.25) is 0 Å². The lowest BCUT2D eigenvalue weighted by molar-refractivity contribution is -0.125. The highest BCUT2D eigenvalue weighted by Crippen LogP contribution is 2.26.